The first-order valence-corrected chi connectivity index (χ1v) is 8.17. The molecule has 10 nitrogen and oxygen atoms in total. The zero-order valence-electron chi connectivity index (χ0n) is 15.5. The molecule has 0 saturated heterocycles. The van der Waals surface area contributed by atoms with Gasteiger partial charge in [-0.2, -0.15) is 0 Å². The molecule has 1 unspecified atom stereocenters. The quantitative estimate of drug-likeness (QED) is 0.422. The number of methoxy groups -OCH3 is 3. The lowest BCUT2D eigenvalue weighted by Gasteiger charge is -2.29. The topological polar surface area (TPSA) is 129 Å². The number of ether oxygens (including phenoxy) is 3. The van der Waals surface area contributed by atoms with Crippen LogP contribution in [0, 0.1) is 10.1 Å². The molecule has 0 radical (unpaired) electrons. The van der Waals surface area contributed by atoms with Crippen LogP contribution >= 0.6 is 0 Å². The van der Waals surface area contributed by atoms with E-state index in [0.29, 0.717) is 24.1 Å². The van der Waals surface area contributed by atoms with Crippen LogP contribution in [0.2, 0.25) is 0 Å². The average Bonchev–Trinajstić information content (AvgIpc) is 2.65. The lowest BCUT2D eigenvalue weighted by atomic mass is 9.93. The van der Waals surface area contributed by atoms with Gasteiger partial charge >= 0.3 is 17.7 Å². The molecule has 1 aliphatic heterocycles. The summed E-state index contributed by atoms with van der Waals surface area (Å²) in [6.07, 6.45) is 1.11. The first kappa shape index (κ1) is 20.0. The predicted octanol–water partition coefficient (Wildman–Crippen LogP) is 2.19. The maximum atomic E-state index is 12.4. The van der Waals surface area contributed by atoms with Crippen molar-refractivity contribution in [1.29, 1.82) is 0 Å². The molecule has 2 amide bonds. The van der Waals surface area contributed by atoms with E-state index in [2.05, 4.69) is 10.6 Å². The number of hydrogen-bond donors (Lipinski definition) is 2. The van der Waals surface area contributed by atoms with Crippen molar-refractivity contribution in [3.63, 3.8) is 0 Å². The summed E-state index contributed by atoms with van der Waals surface area (Å²) in [5, 5.41) is 16.7. The first-order chi connectivity index (χ1) is 12.9. The highest BCUT2D eigenvalue weighted by Crippen LogP contribution is 2.41. The second-order valence-corrected chi connectivity index (χ2v) is 5.70. The fourth-order valence-electron chi connectivity index (χ4n) is 2.93. The zero-order chi connectivity index (χ0) is 20.1. The summed E-state index contributed by atoms with van der Waals surface area (Å²) in [5.74, 6) is -0.590. The smallest absolute Gasteiger partial charge is 0.337 e. The number of amides is 2. The van der Waals surface area contributed by atoms with Crippen LogP contribution in [-0.2, 0) is 9.53 Å². The maximum absolute atomic E-state index is 12.4. The van der Waals surface area contributed by atoms with Crippen LogP contribution < -0.4 is 20.1 Å². The van der Waals surface area contributed by atoms with Crippen molar-refractivity contribution in [1.82, 2.24) is 10.6 Å². The van der Waals surface area contributed by atoms with Crippen LogP contribution in [0.5, 0.6) is 11.5 Å². The summed E-state index contributed by atoms with van der Waals surface area (Å²) in [7, 11) is 3.85. The molecule has 1 atom stereocenters. The third-order valence-electron chi connectivity index (χ3n) is 4.07. The Bertz CT molecular complexity index is 804. The summed E-state index contributed by atoms with van der Waals surface area (Å²) < 4.78 is 15.1. The normalized spacial score (nSPS) is 16.3. The number of rotatable bonds is 7. The molecule has 1 aromatic rings. The molecular weight excluding hydrogens is 358 g/mol. The number of carbonyl (C=O) groups excluding carboxylic acids is 2. The van der Waals surface area contributed by atoms with Crippen LogP contribution in [0.4, 0.5) is 10.5 Å². The van der Waals surface area contributed by atoms with Crippen LogP contribution in [0.3, 0.4) is 0 Å². The van der Waals surface area contributed by atoms with E-state index in [0.717, 1.165) is 0 Å². The van der Waals surface area contributed by atoms with Crippen LogP contribution in [0.15, 0.2) is 23.4 Å². The number of hydrogen-bond acceptors (Lipinski definition) is 7. The second kappa shape index (κ2) is 8.39. The molecule has 2 rings (SSSR count). The van der Waals surface area contributed by atoms with Crippen molar-refractivity contribution in [2.24, 2.45) is 0 Å². The van der Waals surface area contributed by atoms with Gasteiger partial charge < -0.3 is 24.8 Å². The summed E-state index contributed by atoms with van der Waals surface area (Å²) in [6.45, 7) is 1.90. The van der Waals surface area contributed by atoms with E-state index in [4.69, 9.17) is 14.2 Å². The highest BCUT2D eigenvalue weighted by atomic mass is 16.6. The van der Waals surface area contributed by atoms with E-state index < -0.39 is 23.0 Å². The van der Waals surface area contributed by atoms with Gasteiger partial charge in [0.15, 0.2) is 5.75 Å². The Balaban J connectivity index is 2.71. The number of nitro groups is 1. The Morgan fingerprint density at radius 1 is 1.26 bits per heavy atom. The minimum atomic E-state index is -0.939. The van der Waals surface area contributed by atoms with Crippen molar-refractivity contribution < 1.29 is 28.7 Å². The number of allylic oxidation sites excluding steroid dienone is 1. The van der Waals surface area contributed by atoms with Gasteiger partial charge in [0.05, 0.1) is 37.9 Å². The largest absolute Gasteiger partial charge is 0.493 e. The minimum Gasteiger partial charge on any atom is -0.493 e. The second-order valence-electron chi connectivity index (χ2n) is 5.70. The number of nitrogens with zero attached hydrogens (tertiary/aromatic N) is 1. The molecule has 1 aromatic carbocycles. The van der Waals surface area contributed by atoms with Gasteiger partial charge in [0, 0.05) is 11.8 Å². The Morgan fingerprint density at radius 2 is 1.96 bits per heavy atom. The molecule has 2 N–H and O–H groups in total. The third-order valence-corrected chi connectivity index (χ3v) is 4.07. The van der Waals surface area contributed by atoms with Gasteiger partial charge in [0.25, 0.3) is 0 Å². The van der Waals surface area contributed by atoms with Gasteiger partial charge in [-0.3, -0.25) is 10.1 Å². The standard InChI is InChI=1S/C17H21N3O7/c1-5-6-10-13(16(21)27-4)14(19-17(22)18-10)9-7-11(20(23)24)15(26-3)12(8-9)25-2/h7-8,14H,5-6H2,1-4H3,(H2,18,19,22). The van der Waals surface area contributed by atoms with Crippen molar-refractivity contribution >= 4 is 17.7 Å². The summed E-state index contributed by atoms with van der Waals surface area (Å²) in [5.41, 5.74) is 0.542. The monoisotopic (exact) mass is 379 g/mol. The lowest BCUT2D eigenvalue weighted by molar-refractivity contribution is -0.385. The number of urea groups is 1. The maximum Gasteiger partial charge on any atom is 0.337 e. The van der Waals surface area contributed by atoms with Crippen molar-refractivity contribution in [3.05, 3.63) is 39.1 Å². The molecule has 0 aliphatic carbocycles. The zero-order valence-corrected chi connectivity index (χ0v) is 15.5. The van der Waals surface area contributed by atoms with Gasteiger partial charge in [-0.25, -0.2) is 9.59 Å². The number of nitro benzene ring substituents is 1. The van der Waals surface area contributed by atoms with Crippen LogP contribution in [0.1, 0.15) is 31.4 Å². The number of nitrogens with one attached hydrogen (secondary N) is 2. The van der Waals surface area contributed by atoms with Gasteiger partial charge in [-0.05, 0) is 18.1 Å². The Hall–Kier alpha value is -3.30. The molecule has 0 spiro atoms. The third kappa shape index (κ3) is 3.94. The molecule has 0 saturated carbocycles. The molecule has 0 bridgehead atoms. The molecule has 1 heterocycles. The van der Waals surface area contributed by atoms with Gasteiger partial charge in [-0.1, -0.05) is 13.3 Å². The Kier molecular flexibility index (Phi) is 6.22. The molecule has 0 aromatic heterocycles. The number of benzene rings is 1. The van der Waals surface area contributed by atoms with Crippen molar-refractivity contribution in [2.45, 2.75) is 25.8 Å². The highest BCUT2D eigenvalue weighted by Gasteiger charge is 2.35. The summed E-state index contributed by atoms with van der Waals surface area (Å²) >= 11 is 0. The lowest BCUT2D eigenvalue weighted by Crippen LogP contribution is -2.45. The molecule has 27 heavy (non-hydrogen) atoms. The first-order valence-electron chi connectivity index (χ1n) is 8.17. The number of carbonyl (C=O) groups is 2. The predicted molar refractivity (Wildman–Crippen MR) is 94.6 cm³/mol. The van der Waals surface area contributed by atoms with Crippen molar-refractivity contribution in [3.8, 4) is 11.5 Å². The summed E-state index contributed by atoms with van der Waals surface area (Å²) in [6, 6.07) is 1.26. The van der Waals surface area contributed by atoms with Gasteiger partial charge in [0.2, 0.25) is 5.75 Å². The fourth-order valence-corrected chi connectivity index (χ4v) is 2.93. The van der Waals surface area contributed by atoms with E-state index >= 15 is 0 Å². The summed E-state index contributed by atoms with van der Waals surface area (Å²) in [4.78, 5) is 35.3. The van der Waals surface area contributed by atoms with E-state index in [1.165, 1.54) is 33.5 Å². The fraction of sp³-hybridized carbons (Fsp3) is 0.412. The highest BCUT2D eigenvalue weighted by molar-refractivity contribution is 5.95. The van der Waals surface area contributed by atoms with E-state index in [9.17, 15) is 19.7 Å². The Morgan fingerprint density at radius 3 is 2.48 bits per heavy atom. The van der Waals surface area contributed by atoms with E-state index in [1.54, 1.807) is 0 Å². The van der Waals surface area contributed by atoms with E-state index in [1.807, 2.05) is 6.92 Å². The molecule has 146 valence electrons. The molecule has 10 heteroatoms. The van der Waals surface area contributed by atoms with E-state index in [-0.39, 0.29) is 22.8 Å². The van der Waals surface area contributed by atoms with Gasteiger partial charge in [0.1, 0.15) is 0 Å². The molecule has 1 aliphatic rings. The van der Waals surface area contributed by atoms with Crippen molar-refractivity contribution in [2.75, 3.05) is 21.3 Å². The average molecular weight is 379 g/mol. The molecule has 0 fully saturated rings. The van der Waals surface area contributed by atoms with Gasteiger partial charge in [-0.15, -0.1) is 0 Å². The van der Waals surface area contributed by atoms with Crippen LogP contribution in [0.25, 0.3) is 0 Å². The Labute approximate surface area is 155 Å². The SMILES string of the molecule is CCCC1=C(C(=O)OC)C(c2cc(OC)c(OC)c([N+](=O)[O-])c2)NC(=O)N1. The van der Waals surface area contributed by atoms with Crippen LogP contribution in [-0.4, -0.2) is 38.3 Å². The minimum absolute atomic E-state index is 0.0520. The number of esters is 1. The molecular formula is C17H21N3O7.